The fourth-order valence-corrected chi connectivity index (χ4v) is 1.32. The average Bonchev–Trinajstić information content (AvgIpc) is 2.30. The Hall–Kier alpha value is -1.35. The van der Waals surface area contributed by atoms with Crippen LogP contribution in [0.15, 0.2) is 24.3 Å². The molecule has 0 fully saturated rings. The van der Waals surface area contributed by atoms with E-state index in [0.29, 0.717) is 19.4 Å². The van der Waals surface area contributed by atoms with Gasteiger partial charge in [-0.15, -0.1) is 0 Å². The van der Waals surface area contributed by atoms with Crippen LogP contribution in [0.3, 0.4) is 0 Å². The van der Waals surface area contributed by atoms with Crippen LogP contribution >= 0.6 is 0 Å². The van der Waals surface area contributed by atoms with Crippen molar-refractivity contribution >= 4 is 5.78 Å². The van der Waals surface area contributed by atoms with Gasteiger partial charge in [-0.25, -0.2) is 0 Å². The Bertz CT molecular complexity index is 332. The molecule has 0 aliphatic heterocycles. The molecule has 0 saturated heterocycles. The number of aryl methyl sites for hydroxylation is 1. The van der Waals surface area contributed by atoms with E-state index in [1.165, 1.54) is 5.56 Å². The zero-order valence-corrected chi connectivity index (χ0v) is 9.90. The van der Waals surface area contributed by atoms with Crippen molar-refractivity contribution in [3.05, 3.63) is 29.8 Å². The number of carbonyl (C=O) groups excluding carboxylic acids is 1. The molecule has 88 valence electrons. The molecule has 3 nitrogen and oxygen atoms in total. The third-order valence-corrected chi connectivity index (χ3v) is 2.49. The molecular formula is C13H19NO2. The van der Waals surface area contributed by atoms with Crippen LogP contribution in [0.5, 0.6) is 5.75 Å². The van der Waals surface area contributed by atoms with Gasteiger partial charge in [0.25, 0.3) is 0 Å². The number of rotatable bonds is 6. The lowest BCUT2D eigenvalue weighted by molar-refractivity contribution is -0.120. The normalized spacial score (nSPS) is 12.2. The second-order valence-corrected chi connectivity index (χ2v) is 3.89. The molecule has 0 radical (unpaired) electrons. The Morgan fingerprint density at radius 1 is 1.38 bits per heavy atom. The van der Waals surface area contributed by atoms with Gasteiger partial charge in [-0.1, -0.05) is 24.6 Å². The van der Waals surface area contributed by atoms with Crippen molar-refractivity contribution in [1.82, 2.24) is 0 Å². The number of hydrogen-bond acceptors (Lipinski definition) is 3. The molecule has 0 amide bonds. The molecule has 0 heterocycles. The first-order valence-electron chi connectivity index (χ1n) is 5.61. The molecule has 2 N–H and O–H groups in total. The summed E-state index contributed by atoms with van der Waals surface area (Å²) in [5.41, 5.74) is 6.80. The summed E-state index contributed by atoms with van der Waals surface area (Å²) in [6.07, 6.45) is 1.06. The molecule has 1 rings (SSSR count). The molecule has 0 aliphatic carbocycles. The van der Waals surface area contributed by atoms with Crippen LogP contribution in [0.4, 0.5) is 0 Å². The van der Waals surface area contributed by atoms with Crippen LogP contribution in [0.25, 0.3) is 0 Å². The van der Waals surface area contributed by atoms with Crippen LogP contribution in [0, 0.1) is 6.92 Å². The summed E-state index contributed by atoms with van der Waals surface area (Å²) in [6.45, 7) is 4.33. The molecule has 0 saturated carbocycles. The summed E-state index contributed by atoms with van der Waals surface area (Å²) in [7, 11) is 0. The predicted octanol–water partition coefficient (Wildman–Crippen LogP) is 2.07. The minimum absolute atomic E-state index is 0.0645. The Labute approximate surface area is 96.6 Å². The molecular weight excluding hydrogens is 202 g/mol. The van der Waals surface area contributed by atoms with E-state index < -0.39 is 0 Å². The fraction of sp³-hybridized carbons (Fsp3) is 0.462. The van der Waals surface area contributed by atoms with Gasteiger partial charge >= 0.3 is 0 Å². The molecule has 0 bridgehead atoms. The molecule has 3 heteroatoms. The van der Waals surface area contributed by atoms with Crippen molar-refractivity contribution in [3.63, 3.8) is 0 Å². The minimum Gasteiger partial charge on any atom is -0.493 e. The predicted molar refractivity (Wildman–Crippen MR) is 64.6 cm³/mol. The number of Topliss-reactive ketones (excluding diaryl/α,β-unsaturated/α-hetero) is 1. The Kier molecular flexibility index (Phi) is 4.99. The van der Waals surface area contributed by atoms with E-state index in [-0.39, 0.29) is 11.8 Å². The van der Waals surface area contributed by atoms with Gasteiger partial charge in [0, 0.05) is 6.42 Å². The lowest BCUT2D eigenvalue weighted by atomic mass is 10.1. The Morgan fingerprint density at radius 2 is 2.00 bits per heavy atom. The summed E-state index contributed by atoms with van der Waals surface area (Å²) in [5.74, 6) is 0.859. The van der Waals surface area contributed by atoms with Crippen LogP contribution in [-0.2, 0) is 4.79 Å². The van der Waals surface area contributed by atoms with Gasteiger partial charge in [0.15, 0.2) is 5.78 Å². The van der Waals surface area contributed by atoms with Gasteiger partial charge in [-0.3, -0.25) is 4.79 Å². The maximum Gasteiger partial charge on any atom is 0.152 e. The summed E-state index contributed by atoms with van der Waals surface area (Å²) in [5, 5.41) is 0. The third-order valence-electron chi connectivity index (χ3n) is 2.49. The highest BCUT2D eigenvalue weighted by Gasteiger charge is 2.10. The monoisotopic (exact) mass is 221 g/mol. The SMILES string of the molecule is CCC(N)C(=O)CCOc1ccc(C)cc1. The molecule has 0 spiro atoms. The standard InChI is InChI=1S/C13H19NO2/c1-3-12(14)13(15)8-9-16-11-6-4-10(2)5-7-11/h4-7,12H,3,8-9,14H2,1-2H3. The van der Waals surface area contributed by atoms with E-state index in [0.717, 1.165) is 5.75 Å². The Morgan fingerprint density at radius 3 is 2.56 bits per heavy atom. The zero-order chi connectivity index (χ0) is 12.0. The first-order valence-corrected chi connectivity index (χ1v) is 5.61. The third kappa shape index (κ3) is 4.03. The van der Waals surface area contributed by atoms with Crippen molar-refractivity contribution in [2.24, 2.45) is 5.73 Å². The number of benzene rings is 1. The minimum atomic E-state index is -0.346. The van der Waals surface area contributed by atoms with Gasteiger partial charge < -0.3 is 10.5 Å². The van der Waals surface area contributed by atoms with Crippen molar-refractivity contribution in [1.29, 1.82) is 0 Å². The van der Waals surface area contributed by atoms with Gasteiger partial charge in [-0.05, 0) is 25.5 Å². The quantitative estimate of drug-likeness (QED) is 0.800. The molecule has 1 unspecified atom stereocenters. The van der Waals surface area contributed by atoms with Crippen LogP contribution in [-0.4, -0.2) is 18.4 Å². The number of ether oxygens (including phenoxy) is 1. The molecule has 0 aliphatic rings. The first kappa shape index (κ1) is 12.7. The van der Waals surface area contributed by atoms with Gasteiger partial charge in [0.2, 0.25) is 0 Å². The lowest BCUT2D eigenvalue weighted by Crippen LogP contribution is -2.30. The van der Waals surface area contributed by atoms with E-state index in [9.17, 15) is 4.79 Å². The van der Waals surface area contributed by atoms with Gasteiger partial charge in [-0.2, -0.15) is 0 Å². The lowest BCUT2D eigenvalue weighted by Gasteiger charge is -2.09. The van der Waals surface area contributed by atoms with Crippen LogP contribution < -0.4 is 10.5 Å². The maximum atomic E-state index is 11.4. The van der Waals surface area contributed by atoms with Crippen LogP contribution in [0.1, 0.15) is 25.3 Å². The largest absolute Gasteiger partial charge is 0.493 e. The second-order valence-electron chi connectivity index (χ2n) is 3.89. The van der Waals surface area contributed by atoms with Crippen LogP contribution in [0.2, 0.25) is 0 Å². The summed E-state index contributed by atoms with van der Waals surface area (Å²) in [4.78, 5) is 11.4. The van der Waals surface area contributed by atoms with Gasteiger partial charge in [0.05, 0.1) is 12.6 Å². The van der Waals surface area contributed by atoms with Crippen molar-refractivity contribution in [3.8, 4) is 5.75 Å². The van der Waals surface area contributed by atoms with E-state index in [1.807, 2.05) is 38.1 Å². The molecule has 0 aromatic heterocycles. The highest BCUT2D eigenvalue weighted by atomic mass is 16.5. The van der Waals surface area contributed by atoms with E-state index in [1.54, 1.807) is 0 Å². The smallest absolute Gasteiger partial charge is 0.152 e. The fourth-order valence-electron chi connectivity index (χ4n) is 1.32. The molecule has 1 atom stereocenters. The second kappa shape index (κ2) is 6.28. The Balaban J connectivity index is 2.30. The number of ketones is 1. The summed E-state index contributed by atoms with van der Waals surface area (Å²) >= 11 is 0. The highest BCUT2D eigenvalue weighted by Crippen LogP contribution is 2.11. The first-order chi connectivity index (χ1) is 7.63. The van der Waals surface area contributed by atoms with E-state index in [2.05, 4.69) is 0 Å². The number of nitrogens with two attached hydrogens (primary N) is 1. The van der Waals surface area contributed by atoms with Crippen molar-refractivity contribution in [2.75, 3.05) is 6.61 Å². The topological polar surface area (TPSA) is 52.3 Å². The summed E-state index contributed by atoms with van der Waals surface area (Å²) in [6, 6.07) is 7.42. The average molecular weight is 221 g/mol. The van der Waals surface area contributed by atoms with E-state index in [4.69, 9.17) is 10.5 Å². The molecule has 16 heavy (non-hydrogen) atoms. The zero-order valence-electron chi connectivity index (χ0n) is 9.90. The molecule has 1 aromatic rings. The summed E-state index contributed by atoms with van der Waals surface area (Å²) < 4.78 is 5.45. The van der Waals surface area contributed by atoms with Gasteiger partial charge in [0.1, 0.15) is 5.75 Å². The van der Waals surface area contributed by atoms with Crippen molar-refractivity contribution < 1.29 is 9.53 Å². The van der Waals surface area contributed by atoms with E-state index >= 15 is 0 Å². The maximum absolute atomic E-state index is 11.4. The number of hydrogen-bond donors (Lipinski definition) is 1. The highest BCUT2D eigenvalue weighted by molar-refractivity contribution is 5.83. The van der Waals surface area contributed by atoms with Crippen molar-refractivity contribution in [2.45, 2.75) is 32.7 Å². The number of carbonyl (C=O) groups is 1. The molecule has 1 aromatic carbocycles.